The number of aliphatic hydroxyl groups is 1. The summed E-state index contributed by atoms with van der Waals surface area (Å²) in [6, 6.07) is 0.463. The van der Waals surface area contributed by atoms with Crippen molar-refractivity contribution in [3.8, 4) is 5.88 Å². The van der Waals surface area contributed by atoms with Crippen LogP contribution in [-0.2, 0) is 6.61 Å². The molecule has 0 amide bonds. The van der Waals surface area contributed by atoms with E-state index in [0.717, 1.165) is 0 Å². The third-order valence-electron chi connectivity index (χ3n) is 1.73. The first-order chi connectivity index (χ1) is 7.74. The molecule has 0 bridgehead atoms. The molecule has 1 aromatic heterocycles. The van der Waals surface area contributed by atoms with Crippen molar-refractivity contribution in [1.82, 2.24) is 4.98 Å². The highest BCUT2D eigenvalue weighted by Gasteiger charge is 2.33. The minimum Gasteiger partial charge on any atom is -0.391 e. The molecule has 0 saturated carbocycles. The summed E-state index contributed by atoms with van der Waals surface area (Å²) >= 11 is 0. The van der Waals surface area contributed by atoms with Gasteiger partial charge in [0.1, 0.15) is 0 Å². The molecule has 0 aromatic carbocycles. The number of ether oxygens (including phenoxy) is 1. The fourth-order valence-electron chi connectivity index (χ4n) is 1.06. The van der Waals surface area contributed by atoms with Crippen LogP contribution in [0.5, 0.6) is 5.88 Å². The summed E-state index contributed by atoms with van der Waals surface area (Å²) in [6.07, 6.45) is -8.26. The zero-order valence-corrected chi connectivity index (χ0v) is 8.02. The van der Waals surface area contributed by atoms with Gasteiger partial charge in [-0.2, -0.15) is 0 Å². The summed E-state index contributed by atoms with van der Waals surface area (Å²) in [5.74, 6) is -1.10. The number of hydrogen-bond acceptors (Lipinski definition) is 3. The van der Waals surface area contributed by atoms with Crippen LogP contribution >= 0.6 is 0 Å². The molecule has 9 heteroatoms. The van der Waals surface area contributed by atoms with Crippen molar-refractivity contribution in [2.45, 2.75) is 19.4 Å². The van der Waals surface area contributed by atoms with Crippen LogP contribution in [0.15, 0.2) is 10.9 Å². The second-order valence-corrected chi connectivity index (χ2v) is 2.91. The Hall–Kier alpha value is -1.64. The first-order valence-corrected chi connectivity index (χ1v) is 4.15. The average molecular weight is 259 g/mol. The third kappa shape index (κ3) is 3.41. The number of H-pyrrole nitrogens is 1. The Balaban J connectivity index is 3.24. The lowest BCUT2D eigenvalue weighted by Crippen LogP contribution is -2.23. The van der Waals surface area contributed by atoms with E-state index in [1.165, 1.54) is 4.98 Å². The van der Waals surface area contributed by atoms with Crippen LogP contribution in [0, 0.1) is 0 Å². The first kappa shape index (κ1) is 13.4. The van der Waals surface area contributed by atoms with Gasteiger partial charge in [0.2, 0.25) is 5.88 Å². The van der Waals surface area contributed by atoms with E-state index in [1.807, 2.05) is 0 Å². The van der Waals surface area contributed by atoms with E-state index in [4.69, 9.17) is 5.11 Å². The van der Waals surface area contributed by atoms with Crippen molar-refractivity contribution in [2.24, 2.45) is 0 Å². The van der Waals surface area contributed by atoms with Crippen LogP contribution in [0.3, 0.4) is 0 Å². The van der Waals surface area contributed by atoms with Crippen molar-refractivity contribution in [2.75, 3.05) is 0 Å². The summed E-state index contributed by atoms with van der Waals surface area (Å²) in [5, 5.41) is 8.70. The predicted octanol–water partition coefficient (Wildman–Crippen LogP) is 1.70. The van der Waals surface area contributed by atoms with Gasteiger partial charge in [-0.3, -0.25) is 9.78 Å². The van der Waals surface area contributed by atoms with Crippen molar-refractivity contribution in [1.29, 1.82) is 0 Å². The fraction of sp³-hybridized carbons (Fsp3) is 0.375. The molecule has 17 heavy (non-hydrogen) atoms. The zero-order valence-electron chi connectivity index (χ0n) is 8.02. The molecule has 0 fully saturated rings. The van der Waals surface area contributed by atoms with Gasteiger partial charge in [0, 0.05) is 5.56 Å². The lowest BCUT2D eigenvalue weighted by Gasteiger charge is -2.12. The molecule has 0 aliphatic carbocycles. The largest absolute Gasteiger partial charge is 0.574 e. The van der Waals surface area contributed by atoms with Gasteiger partial charge in [0.05, 0.1) is 12.2 Å². The number of pyridine rings is 1. The van der Waals surface area contributed by atoms with Crippen LogP contribution in [-0.4, -0.2) is 16.5 Å². The topological polar surface area (TPSA) is 62.3 Å². The van der Waals surface area contributed by atoms with Gasteiger partial charge >= 0.3 is 6.36 Å². The number of alkyl halides is 5. The molecule has 4 nitrogen and oxygen atoms in total. The Labute approximate surface area is 90.6 Å². The van der Waals surface area contributed by atoms with E-state index in [0.29, 0.717) is 6.07 Å². The highest BCUT2D eigenvalue weighted by Crippen LogP contribution is 2.25. The Bertz CT molecular complexity index is 453. The number of rotatable bonds is 3. The molecule has 1 heterocycles. The van der Waals surface area contributed by atoms with Gasteiger partial charge in [0.15, 0.2) is 0 Å². The van der Waals surface area contributed by atoms with E-state index in [9.17, 15) is 26.7 Å². The summed E-state index contributed by atoms with van der Waals surface area (Å²) in [6.45, 7) is -0.984. The Morgan fingerprint density at radius 1 is 1.41 bits per heavy atom. The number of nitrogens with one attached hydrogen (secondary N) is 1. The third-order valence-corrected chi connectivity index (χ3v) is 1.73. The SMILES string of the molecule is O=c1[nH]c(OC(F)(F)F)c(CO)cc1C(F)F. The summed E-state index contributed by atoms with van der Waals surface area (Å²) in [7, 11) is 0. The number of halogens is 5. The van der Waals surface area contributed by atoms with Crippen molar-refractivity contribution in [3.05, 3.63) is 27.5 Å². The molecule has 0 radical (unpaired) electrons. The number of hydrogen-bond donors (Lipinski definition) is 2. The van der Waals surface area contributed by atoms with Gasteiger partial charge in [-0.25, -0.2) is 8.78 Å². The quantitative estimate of drug-likeness (QED) is 0.812. The highest BCUT2D eigenvalue weighted by molar-refractivity contribution is 5.30. The maximum absolute atomic E-state index is 12.2. The molecule has 2 N–H and O–H groups in total. The molecule has 96 valence electrons. The normalized spacial score (nSPS) is 11.9. The fourth-order valence-corrected chi connectivity index (χ4v) is 1.06. The lowest BCUT2D eigenvalue weighted by molar-refractivity contribution is -0.276. The summed E-state index contributed by atoms with van der Waals surface area (Å²) in [5.41, 5.74) is -3.03. The predicted molar refractivity (Wildman–Crippen MR) is 44.6 cm³/mol. The molecular weight excluding hydrogens is 253 g/mol. The van der Waals surface area contributed by atoms with Gasteiger partial charge in [-0.05, 0) is 6.07 Å². The van der Waals surface area contributed by atoms with Gasteiger partial charge in [-0.1, -0.05) is 0 Å². The molecule has 0 spiro atoms. The van der Waals surface area contributed by atoms with Crippen LogP contribution in [0.1, 0.15) is 17.6 Å². The van der Waals surface area contributed by atoms with E-state index >= 15 is 0 Å². The van der Waals surface area contributed by atoms with E-state index in [1.54, 1.807) is 0 Å². The van der Waals surface area contributed by atoms with Crippen molar-refractivity contribution in [3.63, 3.8) is 0 Å². The Morgan fingerprint density at radius 2 is 2.00 bits per heavy atom. The maximum Gasteiger partial charge on any atom is 0.574 e. The molecule has 0 aliphatic rings. The van der Waals surface area contributed by atoms with Gasteiger partial charge in [-0.15, -0.1) is 13.2 Å². The maximum atomic E-state index is 12.2. The average Bonchev–Trinajstić information content (AvgIpc) is 2.14. The second-order valence-electron chi connectivity index (χ2n) is 2.91. The summed E-state index contributed by atoms with van der Waals surface area (Å²) < 4.78 is 63.5. The smallest absolute Gasteiger partial charge is 0.391 e. The van der Waals surface area contributed by atoms with E-state index in [2.05, 4.69) is 4.74 Å². The number of aromatic amines is 1. The van der Waals surface area contributed by atoms with Crippen molar-refractivity contribution >= 4 is 0 Å². The zero-order chi connectivity index (χ0) is 13.2. The van der Waals surface area contributed by atoms with Crippen molar-refractivity contribution < 1.29 is 31.8 Å². The van der Waals surface area contributed by atoms with Crippen LogP contribution in [0.2, 0.25) is 0 Å². The van der Waals surface area contributed by atoms with E-state index in [-0.39, 0.29) is 0 Å². The molecule has 0 saturated heterocycles. The highest BCUT2D eigenvalue weighted by atomic mass is 19.4. The molecule has 1 rings (SSSR count). The molecule has 0 unspecified atom stereocenters. The van der Waals surface area contributed by atoms with Gasteiger partial charge < -0.3 is 9.84 Å². The molecule has 1 aromatic rings. The number of aliphatic hydroxyl groups excluding tert-OH is 1. The Kier molecular flexibility index (Phi) is 3.71. The van der Waals surface area contributed by atoms with Crippen LogP contribution in [0.25, 0.3) is 0 Å². The standard InChI is InChI=1S/C8H6F5NO3/c9-5(10)4-1-3(2-15)7(14-6(4)16)17-8(11,12)13/h1,5,15H,2H2,(H,14,16). The minimum atomic E-state index is -5.10. The minimum absolute atomic E-state index is 0.463. The molecular formula is C8H6F5NO3. The van der Waals surface area contributed by atoms with Crippen LogP contribution < -0.4 is 10.3 Å². The molecule has 0 atom stereocenters. The van der Waals surface area contributed by atoms with Crippen LogP contribution in [0.4, 0.5) is 22.0 Å². The first-order valence-electron chi connectivity index (χ1n) is 4.15. The second kappa shape index (κ2) is 4.70. The monoisotopic (exact) mass is 259 g/mol. The van der Waals surface area contributed by atoms with E-state index < -0.39 is 42.0 Å². The Morgan fingerprint density at radius 3 is 2.41 bits per heavy atom. The number of aromatic nitrogens is 1. The van der Waals surface area contributed by atoms with Gasteiger partial charge in [0.25, 0.3) is 12.0 Å². The molecule has 0 aliphatic heterocycles. The lowest BCUT2D eigenvalue weighted by atomic mass is 10.2. The summed E-state index contributed by atoms with van der Waals surface area (Å²) in [4.78, 5) is 12.5.